The summed E-state index contributed by atoms with van der Waals surface area (Å²) in [5, 5.41) is 2.51. The zero-order valence-electron chi connectivity index (χ0n) is 12.5. The molecule has 6 heteroatoms. The summed E-state index contributed by atoms with van der Waals surface area (Å²) in [5.74, 6) is -0.873. The van der Waals surface area contributed by atoms with Gasteiger partial charge in [0, 0.05) is 6.54 Å². The Labute approximate surface area is 128 Å². The number of carbonyl (C=O) groups is 3. The van der Waals surface area contributed by atoms with Gasteiger partial charge in [-0.05, 0) is 25.5 Å². The van der Waals surface area contributed by atoms with Gasteiger partial charge < -0.3 is 10.1 Å². The lowest BCUT2D eigenvalue weighted by Crippen LogP contribution is -2.33. The third-order valence-electron chi connectivity index (χ3n) is 2.98. The van der Waals surface area contributed by atoms with Gasteiger partial charge in [-0.25, -0.2) is 4.79 Å². The Balaban J connectivity index is 2.00. The van der Waals surface area contributed by atoms with Crippen LogP contribution in [0.5, 0.6) is 0 Å². The summed E-state index contributed by atoms with van der Waals surface area (Å²) in [6.45, 7) is 3.49. The molecule has 0 saturated carbocycles. The van der Waals surface area contributed by atoms with Crippen molar-refractivity contribution < 1.29 is 19.1 Å². The molecule has 0 aliphatic carbocycles. The molecule has 1 fully saturated rings. The lowest BCUT2D eigenvalue weighted by atomic mass is 10.2. The lowest BCUT2D eigenvalue weighted by molar-refractivity contribution is -0.147. The van der Waals surface area contributed by atoms with Gasteiger partial charge in [-0.1, -0.05) is 30.3 Å². The van der Waals surface area contributed by atoms with Gasteiger partial charge in [0.1, 0.15) is 5.70 Å². The zero-order valence-corrected chi connectivity index (χ0v) is 12.5. The molecule has 0 atom stereocenters. The van der Waals surface area contributed by atoms with Crippen molar-refractivity contribution in [1.29, 1.82) is 0 Å². The minimum atomic E-state index is -0.524. The van der Waals surface area contributed by atoms with Crippen LogP contribution in [0.2, 0.25) is 0 Å². The van der Waals surface area contributed by atoms with Crippen LogP contribution >= 0.6 is 0 Å². The lowest BCUT2D eigenvalue weighted by Gasteiger charge is -2.12. The second kappa shape index (κ2) is 6.89. The number of nitrogens with zero attached hydrogens (tertiary/aromatic N) is 1. The summed E-state index contributed by atoms with van der Waals surface area (Å²) in [4.78, 5) is 36.5. The monoisotopic (exact) mass is 302 g/mol. The smallest absolute Gasteiger partial charge is 0.329 e. The molecule has 0 radical (unpaired) electrons. The average molecular weight is 302 g/mol. The maximum atomic E-state index is 12.2. The largest absolute Gasteiger partial charge is 0.463 e. The van der Waals surface area contributed by atoms with E-state index in [2.05, 4.69) is 5.32 Å². The fraction of sp³-hybridized carbons (Fsp3) is 0.312. The SMILES string of the molecule is CC(C)OC(=O)CCN1C(=O)N/C(=C/c2ccccc2)C1=O. The fourth-order valence-electron chi connectivity index (χ4n) is 2.02. The summed E-state index contributed by atoms with van der Waals surface area (Å²) in [5.41, 5.74) is 1.01. The fourth-order valence-corrected chi connectivity index (χ4v) is 2.02. The molecule has 1 heterocycles. The summed E-state index contributed by atoms with van der Waals surface area (Å²) < 4.78 is 4.98. The van der Waals surface area contributed by atoms with E-state index < -0.39 is 17.9 Å². The van der Waals surface area contributed by atoms with Gasteiger partial charge in [0.25, 0.3) is 5.91 Å². The van der Waals surface area contributed by atoms with Crippen LogP contribution in [-0.4, -0.2) is 35.5 Å². The third kappa shape index (κ3) is 3.94. The zero-order chi connectivity index (χ0) is 16.1. The van der Waals surface area contributed by atoms with E-state index in [1.807, 2.05) is 30.3 Å². The predicted molar refractivity (Wildman–Crippen MR) is 80.5 cm³/mol. The quantitative estimate of drug-likeness (QED) is 0.512. The van der Waals surface area contributed by atoms with Crippen molar-refractivity contribution in [3.8, 4) is 0 Å². The number of esters is 1. The van der Waals surface area contributed by atoms with Crippen molar-refractivity contribution in [1.82, 2.24) is 10.2 Å². The van der Waals surface area contributed by atoms with Crippen LogP contribution in [0, 0.1) is 0 Å². The standard InChI is InChI=1S/C16H18N2O4/c1-11(2)22-14(19)8-9-18-15(20)13(17-16(18)21)10-12-6-4-3-5-7-12/h3-7,10-11H,8-9H2,1-2H3,(H,17,21)/b13-10+. The molecule has 1 N–H and O–H groups in total. The summed E-state index contributed by atoms with van der Waals surface area (Å²) in [7, 11) is 0. The molecule has 1 saturated heterocycles. The Bertz CT molecular complexity index is 608. The van der Waals surface area contributed by atoms with Crippen molar-refractivity contribution in [2.24, 2.45) is 0 Å². The molecule has 6 nitrogen and oxygen atoms in total. The Hall–Kier alpha value is -2.63. The molecule has 0 spiro atoms. The van der Waals surface area contributed by atoms with Crippen LogP contribution in [0.15, 0.2) is 36.0 Å². The molecule has 1 aliphatic rings. The predicted octanol–water partition coefficient (Wildman–Crippen LogP) is 1.92. The first-order valence-electron chi connectivity index (χ1n) is 7.06. The van der Waals surface area contributed by atoms with Crippen LogP contribution in [-0.2, 0) is 14.3 Å². The van der Waals surface area contributed by atoms with Gasteiger partial charge >= 0.3 is 12.0 Å². The third-order valence-corrected chi connectivity index (χ3v) is 2.98. The van der Waals surface area contributed by atoms with E-state index in [4.69, 9.17) is 4.74 Å². The average Bonchev–Trinajstić information content (AvgIpc) is 2.72. The minimum Gasteiger partial charge on any atom is -0.463 e. The van der Waals surface area contributed by atoms with Crippen LogP contribution in [0.3, 0.4) is 0 Å². The Kier molecular flexibility index (Phi) is 4.93. The van der Waals surface area contributed by atoms with Crippen molar-refractivity contribution in [3.63, 3.8) is 0 Å². The van der Waals surface area contributed by atoms with Gasteiger partial charge in [0.15, 0.2) is 0 Å². The Morgan fingerprint density at radius 2 is 1.95 bits per heavy atom. The number of imide groups is 1. The maximum absolute atomic E-state index is 12.2. The first-order chi connectivity index (χ1) is 10.5. The van der Waals surface area contributed by atoms with Crippen LogP contribution < -0.4 is 5.32 Å². The maximum Gasteiger partial charge on any atom is 0.329 e. The molecule has 22 heavy (non-hydrogen) atoms. The molecule has 116 valence electrons. The number of hydrogen-bond donors (Lipinski definition) is 1. The summed E-state index contributed by atoms with van der Waals surface area (Å²) in [6.07, 6.45) is 1.37. The molecule has 1 aromatic rings. The molecule has 0 aromatic heterocycles. The number of nitrogens with one attached hydrogen (secondary N) is 1. The van der Waals surface area contributed by atoms with E-state index in [9.17, 15) is 14.4 Å². The van der Waals surface area contributed by atoms with Crippen LogP contribution in [0.4, 0.5) is 4.79 Å². The molecule has 1 aliphatic heterocycles. The highest BCUT2D eigenvalue weighted by molar-refractivity contribution is 6.14. The second-order valence-corrected chi connectivity index (χ2v) is 5.14. The molecule has 2 rings (SSSR count). The van der Waals surface area contributed by atoms with E-state index in [-0.39, 0.29) is 24.8 Å². The molecule has 1 aromatic carbocycles. The topological polar surface area (TPSA) is 75.7 Å². The van der Waals surface area contributed by atoms with Crippen molar-refractivity contribution in [3.05, 3.63) is 41.6 Å². The number of amides is 3. The molecular formula is C16H18N2O4. The second-order valence-electron chi connectivity index (χ2n) is 5.14. The highest BCUT2D eigenvalue weighted by Gasteiger charge is 2.33. The van der Waals surface area contributed by atoms with Crippen molar-refractivity contribution >= 4 is 24.0 Å². The Morgan fingerprint density at radius 3 is 2.59 bits per heavy atom. The van der Waals surface area contributed by atoms with Crippen molar-refractivity contribution in [2.45, 2.75) is 26.4 Å². The van der Waals surface area contributed by atoms with Crippen LogP contribution in [0.25, 0.3) is 6.08 Å². The first-order valence-corrected chi connectivity index (χ1v) is 7.06. The molecular weight excluding hydrogens is 284 g/mol. The van der Waals surface area contributed by atoms with E-state index in [1.54, 1.807) is 19.9 Å². The number of hydrogen-bond acceptors (Lipinski definition) is 4. The van der Waals surface area contributed by atoms with E-state index in [0.717, 1.165) is 10.5 Å². The van der Waals surface area contributed by atoms with Crippen LogP contribution in [0.1, 0.15) is 25.8 Å². The number of carbonyl (C=O) groups excluding carboxylic acids is 3. The van der Waals surface area contributed by atoms with Crippen molar-refractivity contribution in [2.75, 3.05) is 6.54 Å². The molecule has 3 amide bonds. The number of benzene rings is 1. The number of urea groups is 1. The summed E-state index contributed by atoms with van der Waals surface area (Å²) >= 11 is 0. The number of ether oxygens (including phenoxy) is 1. The number of rotatable bonds is 5. The van der Waals surface area contributed by atoms with Gasteiger partial charge in [-0.2, -0.15) is 0 Å². The highest BCUT2D eigenvalue weighted by atomic mass is 16.5. The van der Waals surface area contributed by atoms with E-state index >= 15 is 0 Å². The molecule has 0 bridgehead atoms. The van der Waals surface area contributed by atoms with Gasteiger partial charge in [0.05, 0.1) is 12.5 Å². The van der Waals surface area contributed by atoms with Gasteiger partial charge in [-0.3, -0.25) is 14.5 Å². The van der Waals surface area contributed by atoms with Gasteiger partial charge in [0.2, 0.25) is 0 Å². The van der Waals surface area contributed by atoms with E-state index in [0.29, 0.717) is 0 Å². The van der Waals surface area contributed by atoms with E-state index in [1.165, 1.54) is 0 Å². The first kappa shape index (κ1) is 15.8. The Morgan fingerprint density at radius 1 is 1.27 bits per heavy atom. The molecule has 0 unspecified atom stereocenters. The minimum absolute atomic E-state index is 0.00233. The normalized spacial score (nSPS) is 16.3. The highest BCUT2D eigenvalue weighted by Crippen LogP contribution is 2.14. The van der Waals surface area contributed by atoms with Gasteiger partial charge in [-0.15, -0.1) is 0 Å². The summed E-state index contributed by atoms with van der Waals surface area (Å²) in [6, 6.07) is 8.68.